The average Bonchev–Trinajstić information content (AvgIpc) is 3.44. The van der Waals surface area contributed by atoms with Gasteiger partial charge < -0.3 is 15.4 Å². The number of aromatic nitrogens is 2. The average molecular weight is 548 g/mol. The van der Waals surface area contributed by atoms with Gasteiger partial charge in [0.2, 0.25) is 5.95 Å². The topological polar surface area (TPSA) is 79.4 Å². The summed E-state index contributed by atoms with van der Waals surface area (Å²) in [5.74, 6) is -0.211. The molecule has 2 N–H and O–H groups in total. The number of hydrogen-bond acceptors (Lipinski definition) is 6. The van der Waals surface area contributed by atoms with Crippen LogP contribution in [0.25, 0.3) is 11.3 Å². The number of nitrogens with zero attached hydrogens (tertiary/aromatic N) is 3. The van der Waals surface area contributed by atoms with Crippen molar-refractivity contribution in [2.24, 2.45) is 0 Å². The van der Waals surface area contributed by atoms with Crippen molar-refractivity contribution in [1.29, 1.82) is 0 Å². The van der Waals surface area contributed by atoms with Crippen molar-refractivity contribution < 1.29 is 22.7 Å². The Morgan fingerprint density at radius 2 is 1.70 bits per heavy atom. The summed E-state index contributed by atoms with van der Waals surface area (Å²) in [6.45, 7) is 5.07. The molecule has 1 amide bonds. The molecule has 0 unspecified atom stereocenters. The number of benzene rings is 3. The standard InChI is InChI=1S/C30H28F3N5O2/c1-20-4-5-21(19-38-16-2-3-17-38)18-27(20)36-28(39)23-6-10-24(11-7-23)35-29-34-15-14-26(37-29)22-8-12-25(13-9-22)40-30(31,32)33/h4-15,18H,2-3,16-17,19H2,1H3,(H,36,39)(H,34,35,37). The van der Waals surface area contributed by atoms with Crippen LogP contribution in [0.1, 0.15) is 34.3 Å². The van der Waals surface area contributed by atoms with E-state index in [4.69, 9.17) is 0 Å². The SMILES string of the molecule is Cc1ccc(CN2CCCC2)cc1NC(=O)c1ccc(Nc2nccc(-c3ccc(OC(F)(F)F)cc3)n2)cc1. The highest BCUT2D eigenvalue weighted by atomic mass is 19.4. The first kappa shape index (κ1) is 27.1. The Morgan fingerprint density at radius 3 is 2.40 bits per heavy atom. The number of carbonyl (C=O) groups excluding carboxylic acids is 1. The van der Waals surface area contributed by atoms with Gasteiger partial charge in [-0.2, -0.15) is 0 Å². The normalized spacial score (nSPS) is 13.7. The van der Waals surface area contributed by atoms with Crippen molar-refractivity contribution >= 4 is 23.2 Å². The maximum Gasteiger partial charge on any atom is 0.573 e. The van der Waals surface area contributed by atoms with Crippen molar-refractivity contribution in [2.75, 3.05) is 23.7 Å². The number of nitrogens with one attached hydrogen (secondary N) is 2. The van der Waals surface area contributed by atoms with E-state index < -0.39 is 6.36 Å². The number of aryl methyl sites for hydroxylation is 1. The molecule has 0 saturated carbocycles. The predicted octanol–water partition coefficient (Wildman–Crippen LogP) is 6.94. The summed E-state index contributed by atoms with van der Waals surface area (Å²) >= 11 is 0. The second-order valence-corrected chi connectivity index (χ2v) is 9.63. The monoisotopic (exact) mass is 547 g/mol. The molecule has 0 bridgehead atoms. The van der Waals surface area contributed by atoms with Crippen LogP contribution in [0.3, 0.4) is 0 Å². The molecule has 0 atom stereocenters. The van der Waals surface area contributed by atoms with Gasteiger partial charge in [0.25, 0.3) is 5.91 Å². The van der Waals surface area contributed by atoms with E-state index in [1.165, 1.54) is 42.7 Å². The first-order chi connectivity index (χ1) is 19.2. The van der Waals surface area contributed by atoms with Gasteiger partial charge in [-0.05, 0) is 105 Å². The van der Waals surface area contributed by atoms with Crippen LogP contribution in [0.2, 0.25) is 0 Å². The van der Waals surface area contributed by atoms with Gasteiger partial charge in [-0.3, -0.25) is 9.69 Å². The molecule has 1 aromatic heterocycles. The van der Waals surface area contributed by atoms with Gasteiger partial charge in [-0.1, -0.05) is 12.1 Å². The quantitative estimate of drug-likeness (QED) is 0.249. The van der Waals surface area contributed by atoms with Crippen molar-refractivity contribution in [2.45, 2.75) is 32.7 Å². The second kappa shape index (κ2) is 11.7. The molecule has 2 heterocycles. The fourth-order valence-corrected chi connectivity index (χ4v) is 4.54. The summed E-state index contributed by atoms with van der Waals surface area (Å²) in [6.07, 6.45) is -0.737. The molecule has 40 heavy (non-hydrogen) atoms. The molecular formula is C30H28F3N5O2. The van der Waals surface area contributed by atoms with E-state index in [2.05, 4.69) is 36.3 Å². The van der Waals surface area contributed by atoms with E-state index >= 15 is 0 Å². The first-order valence-corrected chi connectivity index (χ1v) is 12.9. The highest BCUT2D eigenvalue weighted by Crippen LogP contribution is 2.27. The molecule has 5 rings (SSSR count). The first-order valence-electron chi connectivity index (χ1n) is 12.9. The summed E-state index contributed by atoms with van der Waals surface area (Å²) in [7, 11) is 0. The molecule has 0 radical (unpaired) electrons. The van der Waals surface area contributed by atoms with Crippen LogP contribution in [-0.4, -0.2) is 40.2 Å². The minimum Gasteiger partial charge on any atom is -0.406 e. The lowest BCUT2D eigenvalue weighted by atomic mass is 10.1. The smallest absolute Gasteiger partial charge is 0.406 e. The molecule has 206 valence electrons. The van der Waals surface area contributed by atoms with Gasteiger partial charge in [0.1, 0.15) is 5.75 Å². The lowest BCUT2D eigenvalue weighted by molar-refractivity contribution is -0.274. The Bertz CT molecular complexity index is 1470. The maximum atomic E-state index is 13.0. The van der Waals surface area contributed by atoms with Crippen LogP contribution in [0.15, 0.2) is 79.0 Å². The molecular weight excluding hydrogens is 519 g/mol. The Hall–Kier alpha value is -4.44. The van der Waals surface area contributed by atoms with Crippen LogP contribution in [0.5, 0.6) is 5.75 Å². The highest BCUT2D eigenvalue weighted by Gasteiger charge is 2.31. The molecule has 4 aromatic rings. The van der Waals surface area contributed by atoms with E-state index in [9.17, 15) is 18.0 Å². The molecule has 0 aliphatic carbocycles. The summed E-state index contributed by atoms with van der Waals surface area (Å²) in [4.78, 5) is 24.0. The number of halogens is 3. The molecule has 1 saturated heterocycles. The third-order valence-corrected chi connectivity index (χ3v) is 6.60. The van der Waals surface area contributed by atoms with E-state index in [1.54, 1.807) is 36.5 Å². The Kier molecular flexibility index (Phi) is 7.97. The van der Waals surface area contributed by atoms with Gasteiger partial charge in [-0.15, -0.1) is 13.2 Å². The molecule has 1 aliphatic heterocycles. The van der Waals surface area contributed by atoms with Gasteiger partial charge in [0, 0.05) is 35.2 Å². The van der Waals surface area contributed by atoms with Crippen LogP contribution >= 0.6 is 0 Å². The van der Waals surface area contributed by atoms with Crippen molar-refractivity contribution in [3.63, 3.8) is 0 Å². The van der Waals surface area contributed by atoms with E-state index in [-0.39, 0.29) is 11.7 Å². The molecule has 1 fully saturated rings. The van der Waals surface area contributed by atoms with E-state index in [0.29, 0.717) is 28.5 Å². The summed E-state index contributed by atoms with van der Waals surface area (Å²) in [5, 5.41) is 6.12. The Morgan fingerprint density at radius 1 is 0.975 bits per heavy atom. The zero-order chi connectivity index (χ0) is 28.1. The number of anilines is 3. The van der Waals surface area contributed by atoms with Crippen LogP contribution in [0, 0.1) is 6.92 Å². The van der Waals surface area contributed by atoms with Gasteiger partial charge in [0.15, 0.2) is 0 Å². The third kappa shape index (κ3) is 7.15. The zero-order valence-electron chi connectivity index (χ0n) is 21.8. The number of likely N-dealkylation sites (tertiary alicyclic amines) is 1. The zero-order valence-corrected chi connectivity index (χ0v) is 21.8. The minimum atomic E-state index is -4.75. The van der Waals surface area contributed by atoms with E-state index in [0.717, 1.165) is 30.9 Å². The molecule has 1 aliphatic rings. The summed E-state index contributed by atoms with van der Waals surface area (Å²) in [6, 6.07) is 20.2. The predicted molar refractivity (Wildman–Crippen MR) is 148 cm³/mol. The van der Waals surface area contributed by atoms with Crippen molar-refractivity contribution in [3.8, 4) is 17.0 Å². The fraction of sp³-hybridized carbons (Fsp3) is 0.233. The summed E-state index contributed by atoms with van der Waals surface area (Å²) in [5.41, 5.74) is 5.27. The maximum absolute atomic E-state index is 13.0. The van der Waals surface area contributed by atoms with Crippen LogP contribution in [0.4, 0.5) is 30.5 Å². The number of ether oxygens (including phenoxy) is 1. The molecule has 0 spiro atoms. The Balaban J connectivity index is 1.22. The lowest BCUT2D eigenvalue weighted by Gasteiger charge is -2.16. The number of amides is 1. The van der Waals surface area contributed by atoms with Gasteiger partial charge >= 0.3 is 6.36 Å². The number of hydrogen-bond donors (Lipinski definition) is 2. The highest BCUT2D eigenvalue weighted by molar-refractivity contribution is 6.04. The van der Waals surface area contributed by atoms with Crippen molar-refractivity contribution in [1.82, 2.24) is 14.9 Å². The molecule has 10 heteroatoms. The second-order valence-electron chi connectivity index (χ2n) is 9.63. The number of carbonyl (C=O) groups is 1. The molecule has 3 aromatic carbocycles. The number of rotatable bonds is 8. The largest absolute Gasteiger partial charge is 0.573 e. The molecule has 7 nitrogen and oxygen atoms in total. The van der Waals surface area contributed by atoms with E-state index in [1.807, 2.05) is 19.1 Å². The Labute approximate surface area is 230 Å². The lowest BCUT2D eigenvalue weighted by Crippen LogP contribution is -2.19. The fourth-order valence-electron chi connectivity index (χ4n) is 4.54. The minimum absolute atomic E-state index is 0.204. The van der Waals surface area contributed by atoms with Gasteiger partial charge in [-0.25, -0.2) is 9.97 Å². The van der Waals surface area contributed by atoms with Crippen LogP contribution < -0.4 is 15.4 Å². The number of alkyl halides is 3. The van der Waals surface area contributed by atoms with Crippen LogP contribution in [-0.2, 0) is 6.54 Å². The van der Waals surface area contributed by atoms with Crippen molar-refractivity contribution in [3.05, 3.63) is 95.7 Å². The van der Waals surface area contributed by atoms with Gasteiger partial charge in [0.05, 0.1) is 5.69 Å². The third-order valence-electron chi connectivity index (χ3n) is 6.60. The summed E-state index contributed by atoms with van der Waals surface area (Å²) < 4.78 is 41.1.